The van der Waals surface area contributed by atoms with Gasteiger partial charge in [0.15, 0.2) is 11.5 Å². The molecule has 112 valence electrons. The Hall–Kier alpha value is -2.01. The van der Waals surface area contributed by atoms with Gasteiger partial charge in [-0.2, -0.15) is 0 Å². The monoisotopic (exact) mass is 287 g/mol. The predicted octanol–water partition coefficient (Wildman–Crippen LogP) is 2.53. The molecule has 5 nitrogen and oxygen atoms in total. The predicted molar refractivity (Wildman–Crippen MR) is 80.6 cm³/mol. The maximum absolute atomic E-state index is 5.63. The molecule has 1 N–H and O–H groups in total. The van der Waals surface area contributed by atoms with E-state index in [0.717, 1.165) is 30.4 Å². The Morgan fingerprint density at radius 2 is 2.10 bits per heavy atom. The van der Waals surface area contributed by atoms with E-state index >= 15 is 0 Å². The molecule has 1 aliphatic heterocycles. The van der Waals surface area contributed by atoms with Crippen molar-refractivity contribution in [2.45, 2.75) is 33.0 Å². The van der Waals surface area contributed by atoms with Crippen LogP contribution in [0, 0.1) is 0 Å². The van der Waals surface area contributed by atoms with Crippen LogP contribution in [0.4, 0.5) is 0 Å². The fraction of sp³-hybridized carbons (Fsp3) is 0.438. The number of hydrogen-bond acceptors (Lipinski definition) is 4. The summed E-state index contributed by atoms with van der Waals surface area (Å²) in [6, 6.07) is 6.34. The van der Waals surface area contributed by atoms with Gasteiger partial charge in [-0.05, 0) is 31.5 Å². The molecule has 1 aromatic carbocycles. The van der Waals surface area contributed by atoms with Gasteiger partial charge in [0, 0.05) is 25.0 Å². The van der Waals surface area contributed by atoms with Gasteiger partial charge in [0.2, 0.25) is 0 Å². The number of nitrogens with zero attached hydrogens (tertiary/aromatic N) is 2. The minimum atomic E-state index is 0.225. The van der Waals surface area contributed by atoms with Gasteiger partial charge in [-0.1, -0.05) is 6.07 Å². The third-order valence-corrected chi connectivity index (χ3v) is 3.77. The number of ether oxygens (including phenoxy) is 2. The normalized spacial score (nSPS) is 15.0. The molecular formula is C16H21N3O2. The molecule has 1 aromatic heterocycles. The lowest BCUT2D eigenvalue weighted by Crippen LogP contribution is -2.21. The highest BCUT2D eigenvalue weighted by Gasteiger charge is 2.14. The molecule has 0 radical (unpaired) electrons. The zero-order valence-corrected chi connectivity index (χ0v) is 12.5. The number of benzene rings is 1. The summed E-state index contributed by atoms with van der Waals surface area (Å²) in [4.78, 5) is 4.38. The highest BCUT2D eigenvalue weighted by atomic mass is 16.6. The zero-order chi connectivity index (χ0) is 14.7. The first-order valence-corrected chi connectivity index (χ1v) is 7.41. The lowest BCUT2D eigenvalue weighted by Gasteiger charge is -2.21. The molecule has 5 heteroatoms. The minimum absolute atomic E-state index is 0.225. The van der Waals surface area contributed by atoms with Crippen molar-refractivity contribution in [1.29, 1.82) is 0 Å². The molecule has 1 atom stereocenters. The van der Waals surface area contributed by atoms with E-state index in [9.17, 15) is 0 Å². The highest BCUT2D eigenvalue weighted by molar-refractivity contribution is 5.44. The Morgan fingerprint density at radius 3 is 2.90 bits per heavy atom. The molecule has 0 saturated carbocycles. The van der Waals surface area contributed by atoms with Gasteiger partial charge in [-0.3, -0.25) is 0 Å². The second kappa shape index (κ2) is 6.18. The Kier molecular flexibility index (Phi) is 4.10. The smallest absolute Gasteiger partial charge is 0.161 e. The number of hydrogen-bond donors (Lipinski definition) is 1. The van der Waals surface area contributed by atoms with Gasteiger partial charge >= 0.3 is 0 Å². The van der Waals surface area contributed by atoms with Gasteiger partial charge in [0.1, 0.15) is 19.0 Å². The van der Waals surface area contributed by atoms with E-state index in [-0.39, 0.29) is 6.04 Å². The Labute approximate surface area is 124 Å². The first-order valence-electron chi connectivity index (χ1n) is 7.41. The third kappa shape index (κ3) is 3.03. The third-order valence-electron chi connectivity index (χ3n) is 3.77. The summed E-state index contributed by atoms with van der Waals surface area (Å²) in [7, 11) is 0. The van der Waals surface area contributed by atoms with Crippen molar-refractivity contribution in [2.24, 2.45) is 0 Å². The van der Waals surface area contributed by atoms with E-state index in [1.807, 2.05) is 18.5 Å². The Bertz CT molecular complexity index is 609. The molecule has 21 heavy (non-hydrogen) atoms. The summed E-state index contributed by atoms with van der Waals surface area (Å²) in [5.74, 6) is 2.73. The first-order chi connectivity index (χ1) is 10.3. The lowest BCUT2D eigenvalue weighted by atomic mass is 10.1. The molecule has 0 spiro atoms. The summed E-state index contributed by atoms with van der Waals surface area (Å²) in [6.07, 6.45) is 3.85. The van der Waals surface area contributed by atoms with Crippen molar-refractivity contribution in [3.63, 3.8) is 0 Å². The van der Waals surface area contributed by atoms with Crippen LogP contribution >= 0.6 is 0 Å². The van der Waals surface area contributed by atoms with Crippen molar-refractivity contribution >= 4 is 0 Å². The molecular weight excluding hydrogens is 266 g/mol. The summed E-state index contributed by atoms with van der Waals surface area (Å²) in [5, 5.41) is 3.50. The number of fused-ring (bicyclic) bond motifs is 1. The summed E-state index contributed by atoms with van der Waals surface area (Å²) < 4.78 is 13.3. The number of aryl methyl sites for hydroxylation is 1. The van der Waals surface area contributed by atoms with Crippen molar-refractivity contribution in [1.82, 2.24) is 14.9 Å². The quantitative estimate of drug-likeness (QED) is 0.918. The van der Waals surface area contributed by atoms with Crippen molar-refractivity contribution in [3.8, 4) is 11.5 Å². The summed E-state index contributed by atoms with van der Waals surface area (Å²) in [5.41, 5.74) is 1.19. The van der Waals surface area contributed by atoms with Gasteiger partial charge < -0.3 is 19.4 Å². The largest absolute Gasteiger partial charge is 0.486 e. The SMILES string of the molecule is CCn1ccnc1CNC(C)c1ccc2c(c1)OCCO2. The first kappa shape index (κ1) is 13.9. The average molecular weight is 287 g/mol. The van der Waals surface area contributed by atoms with Crippen molar-refractivity contribution < 1.29 is 9.47 Å². The van der Waals surface area contributed by atoms with Crippen LogP contribution in [0.5, 0.6) is 11.5 Å². The Morgan fingerprint density at radius 1 is 1.29 bits per heavy atom. The van der Waals surface area contributed by atoms with Gasteiger partial charge in [0.25, 0.3) is 0 Å². The van der Waals surface area contributed by atoms with Crippen LogP contribution in [0.3, 0.4) is 0 Å². The van der Waals surface area contributed by atoms with Gasteiger partial charge in [0.05, 0.1) is 6.54 Å². The van der Waals surface area contributed by atoms with E-state index in [1.54, 1.807) is 0 Å². The number of rotatable bonds is 5. The van der Waals surface area contributed by atoms with Crippen LogP contribution in [-0.4, -0.2) is 22.8 Å². The maximum Gasteiger partial charge on any atom is 0.161 e. The number of nitrogens with one attached hydrogen (secondary N) is 1. The summed E-state index contributed by atoms with van der Waals surface area (Å²) >= 11 is 0. The van der Waals surface area contributed by atoms with E-state index in [2.05, 4.69) is 40.8 Å². The minimum Gasteiger partial charge on any atom is -0.486 e. The van der Waals surface area contributed by atoms with E-state index in [1.165, 1.54) is 5.56 Å². The van der Waals surface area contributed by atoms with E-state index in [4.69, 9.17) is 9.47 Å². The molecule has 0 amide bonds. The van der Waals surface area contributed by atoms with Gasteiger partial charge in [-0.25, -0.2) is 4.98 Å². The zero-order valence-electron chi connectivity index (χ0n) is 12.5. The Balaban J connectivity index is 1.66. The van der Waals surface area contributed by atoms with Crippen LogP contribution in [-0.2, 0) is 13.1 Å². The van der Waals surface area contributed by atoms with E-state index in [0.29, 0.717) is 13.2 Å². The topological polar surface area (TPSA) is 48.3 Å². The highest BCUT2D eigenvalue weighted by Crippen LogP contribution is 2.32. The maximum atomic E-state index is 5.63. The molecule has 2 heterocycles. The fourth-order valence-electron chi connectivity index (χ4n) is 2.49. The van der Waals surface area contributed by atoms with E-state index < -0.39 is 0 Å². The lowest BCUT2D eigenvalue weighted by molar-refractivity contribution is 0.171. The molecule has 1 aliphatic rings. The molecule has 0 saturated heterocycles. The molecule has 3 rings (SSSR count). The summed E-state index contributed by atoms with van der Waals surface area (Å²) in [6.45, 7) is 7.19. The molecule has 2 aromatic rings. The van der Waals surface area contributed by atoms with Crippen LogP contribution in [0.1, 0.15) is 31.3 Å². The van der Waals surface area contributed by atoms with Gasteiger partial charge in [-0.15, -0.1) is 0 Å². The standard InChI is InChI=1S/C16H21N3O2/c1-3-19-7-6-17-16(19)11-18-12(2)13-4-5-14-15(10-13)21-9-8-20-14/h4-7,10,12,18H,3,8-9,11H2,1-2H3. The second-order valence-corrected chi connectivity index (χ2v) is 5.14. The molecule has 0 fully saturated rings. The van der Waals surface area contributed by atoms with Crippen LogP contribution < -0.4 is 14.8 Å². The molecule has 1 unspecified atom stereocenters. The van der Waals surface area contributed by atoms with Crippen LogP contribution in [0.25, 0.3) is 0 Å². The average Bonchev–Trinajstić information content (AvgIpc) is 2.99. The second-order valence-electron chi connectivity index (χ2n) is 5.14. The molecule has 0 aliphatic carbocycles. The van der Waals surface area contributed by atoms with Crippen molar-refractivity contribution in [3.05, 3.63) is 42.0 Å². The van der Waals surface area contributed by atoms with Crippen LogP contribution in [0.2, 0.25) is 0 Å². The van der Waals surface area contributed by atoms with Crippen molar-refractivity contribution in [2.75, 3.05) is 13.2 Å². The number of aromatic nitrogens is 2. The molecule has 0 bridgehead atoms. The fourth-order valence-corrected chi connectivity index (χ4v) is 2.49. The van der Waals surface area contributed by atoms with Crippen LogP contribution in [0.15, 0.2) is 30.6 Å². The number of imidazole rings is 1.